The van der Waals surface area contributed by atoms with Crippen LogP contribution >= 0.6 is 0 Å². The van der Waals surface area contributed by atoms with E-state index in [0.717, 1.165) is 25.9 Å². The molecule has 0 atom stereocenters. The Balaban J connectivity index is 1.82. The smallest absolute Gasteiger partial charge is 0.240 e. The average Bonchev–Trinajstić information content (AvgIpc) is 3.35. The molecule has 0 radical (unpaired) electrons. The Morgan fingerprint density at radius 2 is 1.97 bits per heavy atom. The van der Waals surface area contributed by atoms with Gasteiger partial charge in [0.25, 0.3) is 0 Å². The second-order valence-electron chi connectivity index (χ2n) is 7.50. The van der Waals surface area contributed by atoms with Crippen LogP contribution in [0.2, 0.25) is 0 Å². The number of rotatable bonds is 2. The number of halogens is 1. The highest BCUT2D eigenvalue weighted by Crippen LogP contribution is 2.43. The van der Waals surface area contributed by atoms with Crippen molar-refractivity contribution in [3.05, 3.63) is 41.2 Å². The highest BCUT2D eigenvalue weighted by Gasteiger charge is 2.36. The van der Waals surface area contributed by atoms with Gasteiger partial charge >= 0.3 is 0 Å². The maximum Gasteiger partial charge on any atom is 0.240 e. The van der Waals surface area contributed by atoms with Gasteiger partial charge in [-0.05, 0) is 31.0 Å². The van der Waals surface area contributed by atoms with Crippen LogP contribution in [0.25, 0.3) is 10.8 Å². The minimum absolute atomic E-state index is 0.0210. The van der Waals surface area contributed by atoms with Crippen molar-refractivity contribution in [2.45, 2.75) is 19.3 Å². The van der Waals surface area contributed by atoms with Gasteiger partial charge in [-0.1, -0.05) is 6.07 Å². The zero-order valence-corrected chi connectivity index (χ0v) is 16.1. The third kappa shape index (κ3) is 2.54. The largest absolute Gasteiger partial charge is 0.383 e. The summed E-state index contributed by atoms with van der Waals surface area (Å²) in [6.07, 6.45) is 2.07. The Bertz CT molecular complexity index is 1260. The number of carbonyl (C=O) groups excluding carboxylic acids is 1. The monoisotopic (exact) mass is 404 g/mol. The summed E-state index contributed by atoms with van der Waals surface area (Å²) in [4.78, 5) is 23.9. The van der Waals surface area contributed by atoms with Gasteiger partial charge in [0, 0.05) is 10.9 Å². The van der Waals surface area contributed by atoms with Crippen LogP contribution in [0.3, 0.4) is 0 Å². The van der Waals surface area contributed by atoms with E-state index in [-0.39, 0.29) is 18.1 Å². The second kappa shape index (κ2) is 6.56. The van der Waals surface area contributed by atoms with Crippen LogP contribution < -0.4 is 26.3 Å². The number of nitrogens with zero attached hydrogens (tertiary/aromatic N) is 4. The third-order valence-electron chi connectivity index (χ3n) is 5.70. The minimum Gasteiger partial charge on any atom is -0.383 e. The van der Waals surface area contributed by atoms with Gasteiger partial charge in [-0.15, -0.1) is 0 Å². The lowest BCUT2D eigenvalue weighted by Gasteiger charge is -2.19. The van der Waals surface area contributed by atoms with Crippen LogP contribution in [-0.4, -0.2) is 24.0 Å². The van der Waals surface area contributed by atoms with E-state index in [0.29, 0.717) is 45.0 Å². The lowest BCUT2D eigenvalue weighted by Crippen LogP contribution is -2.29. The van der Waals surface area contributed by atoms with Crippen molar-refractivity contribution in [3.63, 3.8) is 0 Å². The van der Waals surface area contributed by atoms with Crippen LogP contribution in [0.5, 0.6) is 0 Å². The van der Waals surface area contributed by atoms with Gasteiger partial charge < -0.3 is 11.5 Å². The summed E-state index contributed by atoms with van der Waals surface area (Å²) < 4.78 is 13.8. The van der Waals surface area contributed by atoms with E-state index in [9.17, 15) is 14.4 Å². The van der Waals surface area contributed by atoms with Crippen molar-refractivity contribution in [2.24, 2.45) is 0 Å². The van der Waals surface area contributed by atoms with Crippen LogP contribution in [0.4, 0.5) is 33.3 Å². The highest BCUT2D eigenvalue weighted by molar-refractivity contribution is 6.15. The Morgan fingerprint density at radius 1 is 1.20 bits per heavy atom. The fourth-order valence-corrected chi connectivity index (χ4v) is 4.42. The number of pyridine rings is 2. The van der Waals surface area contributed by atoms with E-state index in [1.807, 2.05) is 0 Å². The number of fused-ring (bicyclic) bond motifs is 3. The Labute approximate surface area is 171 Å². The summed E-state index contributed by atoms with van der Waals surface area (Å²) in [5.74, 6) is 0.617. The van der Waals surface area contributed by atoms with Gasteiger partial charge in [0.1, 0.15) is 29.1 Å². The molecule has 0 saturated carbocycles. The molecular formula is C21H19FN7O+. The topological polar surface area (TPSA) is 126 Å². The minimum atomic E-state index is -0.463. The molecule has 4 heterocycles. The Kier molecular flexibility index (Phi) is 3.96. The third-order valence-corrected chi connectivity index (χ3v) is 5.70. The first-order chi connectivity index (χ1) is 14.5. The molecule has 0 unspecified atom stereocenters. The molecule has 5 N–H and O–H groups in total. The molecule has 1 amide bonds. The van der Waals surface area contributed by atoms with Crippen molar-refractivity contribution in [1.29, 1.82) is 5.26 Å². The number of aromatic amines is 1. The summed E-state index contributed by atoms with van der Waals surface area (Å²) in [6.45, 7) is 1.63. The molecular weight excluding hydrogens is 385 g/mol. The number of hydrogen-bond donors (Lipinski definition) is 2. The van der Waals surface area contributed by atoms with E-state index < -0.39 is 5.82 Å². The number of nitriles is 1. The zero-order valence-electron chi connectivity index (χ0n) is 16.1. The molecule has 0 bridgehead atoms. The van der Waals surface area contributed by atoms with Gasteiger partial charge in [-0.2, -0.15) is 5.26 Å². The van der Waals surface area contributed by atoms with Gasteiger partial charge in [0.2, 0.25) is 17.5 Å². The quantitative estimate of drug-likeness (QED) is 0.673. The lowest BCUT2D eigenvalue weighted by molar-refractivity contribution is -0.344. The molecule has 150 valence electrons. The van der Waals surface area contributed by atoms with Crippen LogP contribution in [0.15, 0.2) is 24.3 Å². The van der Waals surface area contributed by atoms with Crippen molar-refractivity contribution >= 4 is 45.6 Å². The van der Waals surface area contributed by atoms with Crippen LogP contribution in [0, 0.1) is 17.1 Å². The first-order valence-corrected chi connectivity index (χ1v) is 9.70. The molecule has 1 aromatic carbocycles. The second-order valence-corrected chi connectivity index (χ2v) is 7.50. The molecule has 0 aliphatic carbocycles. The summed E-state index contributed by atoms with van der Waals surface area (Å²) in [7, 11) is 0. The summed E-state index contributed by atoms with van der Waals surface area (Å²) in [5, 5.41) is 11.0. The van der Waals surface area contributed by atoms with Gasteiger partial charge in [0.15, 0.2) is 0 Å². The molecule has 9 heteroatoms. The van der Waals surface area contributed by atoms with Crippen molar-refractivity contribution in [2.75, 3.05) is 34.4 Å². The van der Waals surface area contributed by atoms with E-state index in [4.69, 9.17) is 11.5 Å². The number of anilines is 5. The molecule has 1 saturated heterocycles. The number of hydrogen-bond acceptors (Lipinski definition) is 6. The molecule has 5 rings (SSSR count). The normalized spacial score (nSPS) is 15.7. The number of carbonyl (C=O) groups is 1. The number of benzene rings is 1. The molecule has 2 aliphatic heterocycles. The predicted octanol–water partition coefficient (Wildman–Crippen LogP) is 2.05. The van der Waals surface area contributed by atoms with E-state index in [1.165, 1.54) is 23.1 Å². The van der Waals surface area contributed by atoms with Crippen LogP contribution in [-0.2, 0) is 11.2 Å². The SMILES string of the molecule is N#Cc1c(N2CCCC2)[nH+]c(N)c2c(N)nc3c(c12)CC(=O)N3c1cccc(F)c1. The molecule has 2 aromatic heterocycles. The fraction of sp³-hybridized carbons (Fsp3) is 0.238. The van der Waals surface area contributed by atoms with Gasteiger partial charge in [-0.3, -0.25) is 14.6 Å². The molecule has 3 aromatic rings. The molecule has 8 nitrogen and oxygen atoms in total. The fourth-order valence-electron chi connectivity index (χ4n) is 4.42. The molecule has 2 aliphatic rings. The number of aromatic nitrogens is 2. The first-order valence-electron chi connectivity index (χ1n) is 9.70. The van der Waals surface area contributed by atoms with E-state index in [2.05, 4.69) is 20.9 Å². The molecule has 30 heavy (non-hydrogen) atoms. The molecule has 0 spiro atoms. The van der Waals surface area contributed by atoms with Crippen molar-refractivity contribution in [3.8, 4) is 6.07 Å². The number of nitrogens with two attached hydrogens (primary N) is 2. The maximum atomic E-state index is 13.8. The summed E-state index contributed by atoms with van der Waals surface area (Å²) in [6, 6.07) is 8.01. The predicted molar refractivity (Wildman–Crippen MR) is 111 cm³/mol. The lowest BCUT2D eigenvalue weighted by atomic mass is 10.0. The standard InChI is InChI=1S/C21H18FN7O/c22-11-4-3-5-12(8-11)29-15(30)9-13-16-14(10-23)20(28-6-1-2-7-28)26-18(24)17(16)19(25)27-21(13)29/h3-5,8H,1-2,6-7,9H2,(H2,24,26)(H2,25,27)/p+1. The zero-order chi connectivity index (χ0) is 21.0. The Hall–Kier alpha value is -3.93. The summed E-state index contributed by atoms with van der Waals surface area (Å²) in [5.41, 5.74) is 13.8. The number of amides is 1. The van der Waals surface area contributed by atoms with Gasteiger partial charge in [-0.25, -0.2) is 14.4 Å². The Morgan fingerprint density at radius 3 is 2.67 bits per heavy atom. The van der Waals surface area contributed by atoms with Crippen molar-refractivity contribution < 1.29 is 14.2 Å². The van der Waals surface area contributed by atoms with Crippen LogP contribution in [0.1, 0.15) is 24.0 Å². The number of nitrogens with one attached hydrogen (secondary N) is 1. The van der Waals surface area contributed by atoms with Gasteiger partial charge in [0.05, 0.1) is 30.6 Å². The van der Waals surface area contributed by atoms with E-state index in [1.54, 1.807) is 6.07 Å². The average molecular weight is 404 g/mol. The number of H-pyrrole nitrogens is 1. The first kappa shape index (κ1) is 18.1. The van der Waals surface area contributed by atoms with E-state index >= 15 is 0 Å². The molecule has 1 fully saturated rings. The maximum absolute atomic E-state index is 13.8. The number of nitrogen functional groups attached to an aromatic ring is 2. The van der Waals surface area contributed by atoms with Crippen molar-refractivity contribution in [1.82, 2.24) is 4.98 Å². The highest BCUT2D eigenvalue weighted by atomic mass is 19.1. The summed E-state index contributed by atoms with van der Waals surface area (Å²) >= 11 is 0.